The number of rotatable bonds is 5. The first-order chi connectivity index (χ1) is 13.0. The zero-order valence-electron chi connectivity index (χ0n) is 15.8. The van der Waals surface area contributed by atoms with Crippen LogP contribution in [-0.4, -0.2) is 64.0 Å². The average molecular weight is 385 g/mol. The number of carbonyl (C=O) groups excluding carboxylic acids is 1. The molecule has 0 radical (unpaired) electrons. The third kappa shape index (κ3) is 4.81. The standard InChI is InChI=1S/C18H23N7OS/c1-5-15(26)22-14-6-7-19-18(23-14)27-16-12(2)20-17(21-13(16)3)25-10-8-24(4)9-11-25/h5-7H,1,8-11H2,2-4H3,(H,19,22,23,26). The lowest BCUT2D eigenvalue weighted by Gasteiger charge is -2.32. The van der Waals surface area contributed by atoms with Crippen molar-refractivity contribution in [2.45, 2.75) is 23.9 Å². The molecular weight excluding hydrogens is 362 g/mol. The van der Waals surface area contributed by atoms with Crippen LogP contribution < -0.4 is 10.2 Å². The van der Waals surface area contributed by atoms with Gasteiger partial charge in [-0.3, -0.25) is 4.79 Å². The lowest BCUT2D eigenvalue weighted by molar-refractivity contribution is -0.111. The number of piperazine rings is 1. The highest BCUT2D eigenvalue weighted by Crippen LogP contribution is 2.31. The summed E-state index contributed by atoms with van der Waals surface area (Å²) in [5, 5.41) is 3.17. The minimum absolute atomic E-state index is 0.308. The SMILES string of the molecule is C=CC(=O)Nc1ccnc(Sc2c(C)nc(N3CCN(C)CC3)nc2C)n1. The molecule has 0 aliphatic carbocycles. The van der Waals surface area contributed by atoms with E-state index in [1.807, 2.05) is 13.8 Å². The Labute approximate surface area is 163 Å². The molecule has 1 aliphatic heterocycles. The summed E-state index contributed by atoms with van der Waals surface area (Å²) in [4.78, 5) is 34.9. The van der Waals surface area contributed by atoms with Crippen molar-refractivity contribution in [1.82, 2.24) is 24.8 Å². The molecule has 2 aromatic rings. The van der Waals surface area contributed by atoms with E-state index in [-0.39, 0.29) is 5.91 Å². The summed E-state index contributed by atoms with van der Waals surface area (Å²) >= 11 is 1.39. The van der Waals surface area contributed by atoms with Gasteiger partial charge in [-0.25, -0.2) is 19.9 Å². The van der Waals surface area contributed by atoms with Gasteiger partial charge in [0.2, 0.25) is 11.9 Å². The van der Waals surface area contributed by atoms with Crippen molar-refractivity contribution in [3.05, 3.63) is 36.3 Å². The van der Waals surface area contributed by atoms with Gasteiger partial charge in [-0.15, -0.1) is 0 Å². The summed E-state index contributed by atoms with van der Waals surface area (Å²) in [7, 11) is 2.13. The monoisotopic (exact) mass is 385 g/mol. The normalized spacial score (nSPS) is 14.9. The molecule has 0 atom stereocenters. The Morgan fingerprint density at radius 3 is 2.48 bits per heavy atom. The highest BCUT2D eigenvalue weighted by Gasteiger charge is 2.19. The molecule has 3 rings (SSSR count). The number of nitrogens with zero attached hydrogens (tertiary/aromatic N) is 6. The summed E-state index contributed by atoms with van der Waals surface area (Å²) in [6, 6.07) is 1.64. The van der Waals surface area contributed by atoms with Gasteiger partial charge in [0.05, 0.1) is 16.3 Å². The predicted octanol–water partition coefficient (Wildman–Crippen LogP) is 1.91. The molecule has 1 N–H and O–H groups in total. The maximum atomic E-state index is 11.4. The molecular formula is C18H23N7OS. The number of aryl methyl sites for hydroxylation is 2. The fourth-order valence-corrected chi connectivity index (χ4v) is 3.54. The molecule has 9 heteroatoms. The lowest BCUT2D eigenvalue weighted by atomic mass is 10.3. The second kappa shape index (κ2) is 8.45. The van der Waals surface area contributed by atoms with Crippen LogP contribution in [-0.2, 0) is 4.79 Å². The minimum atomic E-state index is -0.308. The van der Waals surface area contributed by atoms with E-state index in [0.717, 1.165) is 48.4 Å². The van der Waals surface area contributed by atoms with Gasteiger partial charge in [-0.05, 0) is 44.8 Å². The number of likely N-dealkylation sites (N-methyl/N-ethyl adjacent to an activating group) is 1. The number of hydrogen-bond acceptors (Lipinski definition) is 8. The summed E-state index contributed by atoms with van der Waals surface area (Å²) in [5.74, 6) is 0.898. The van der Waals surface area contributed by atoms with E-state index < -0.39 is 0 Å². The quantitative estimate of drug-likeness (QED) is 0.617. The van der Waals surface area contributed by atoms with Crippen molar-refractivity contribution in [1.29, 1.82) is 0 Å². The van der Waals surface area contributed by atoms with Crippen molar-refractivity contribution in [3.8, 4) is 0 Å². The molecule has 8 nitrogen and oxygen atoms in total. The van der Waals surface area contributed by atoms with Crippen molar-refractivity contribution in [2.75, 3.05) is 43.4 Å². The van der Waals surface area contributed by atoms with E-state index >= 15 is 0 Å². The summed E-state index contributed by atoms with van der Waals surface area (Å²) in [6.07, 6.45) is 2.81. The molecule has 1 fully saturated rings. The molecule has 0 unspecified atom stereocenters. The topological polar surface area (TPSA) is 87.1 Å². The van der Waals surface area contributed by atoms with Gasteiger partial charge in [-0.1, -0.05) is 6.58 Å². The van der Waals surface area contributed by atoms with Crippen LogP contribution in [0.4, 0.5) is 11.8 Å². The van der Waals surface area contributed by atoms with Crippen LogP contribution in [0, 0.1) is 13.8 Å². The van der Waals surface area contributed by atoms with Crippen molar-refractivity contribution in [3.63, 3.8) is 0 Å². The first-order valence-corrected chi connectivity index (χ1v) is 9.51. The van der Waals surface area contributed by atoms with Crippen LogP contribution in [0.15, 0.2) is 35.0 Å². The van der Waals surface area contributed by atoms with Gasteiger partial charge in [0.25, 0.3) is 0 Å². The average Bonchev–Trinajstić information content (AvgIpc) is 2.65. The Balaban J connectivity index is 1.78. The largest absolute Gasteiger partial charge is 0.338 e. The van der Waals surface area contributed by atoms with Crippen LogP contribution in [0.5, 0.6) is 0 Å². The molecule has 0 spiro atoms. The lowest BCUT2D eigenvalue weighted by Crippen LogP contribution is -2.45. The van der Waals surface area contributed by atoms with Crippen LogP contribution in [0.2, 0.25) is 0 Å². The number of nitrogens with one attached hydrogen (secondary N) is 1. The van der Waals surface area contributed by atoms with Crippen molar-refractivity contribution < 1.29 is 4.79 Å². The van der Waals surface area contributed by atoms with Gasteiger partial charge >= 0.3 is 0 Å². The van der Waals surface area contributed by atoms with Gasteiger partial charge in [0.1, 0.15) is 5.82 Å². The highest BCUT2D eigenvalue weighted by molar-refractivity contribution is 7.99. The van der Waals surface area contributed by atoms with Gasteiger partial charge in [0, 0.05) is 32.4 Å². The maximum absolute atomic E-state index is 11.4. The van der Waals surface area contributed by atoms with Gasteiger partial charge < -0.3 is 15.1 Å². The molecule has 2 aromatic heterocycles. The van der Waals surface area contributed by atoms with Crippen LogP contribution in [0.25, 0.3) is 0 Å². The second-order valence-electron chi connectivity index (χ2n) is 6.33. The smallest absolute Gasteiger partial charge is 0.248 e. The van der Waals surface area contributed by atoms with Crippen LogP contribution in [0.3, 0.4) is 0 Å². The Kier molecular flexibility index (Phi) is 6.02. The fourth-order valence-electron chi connectivity index (χ4n) is 2.71. The molecule has 1 amide bonds. The molecule has 27 heavy (non-hydrogen) atoms. The van der Waals surface area contributed by atoms with Crippen LogP contribution >= 0.6 is 11.8 Å². The molecule has 1 saturated heterocycles. The molecule has 0 bridgehead atoms. The molecule has 142 valence electrons. The van der Waals surface area contributed by atoms with E-state index in [9.17, 15) is 4.79 Å². The van der Waals surface area contributed by atoms with E-state index in [1.54, 1.807) is 12.3 Å². The Morgan fingerprint density at radius 2 is 1.85 bits per heavy atom. The molecule has 1 aliphatic rings. The first-order valence-electron chi connectivity index (χ1n) is 8.69. The van der Waals surface area contributed by atoms with E-state index in [0.29, 0.717) is 11.0 Å². The zero-order chi connectivity index (χ0) is 19.4. The zero-order valence-corrected chi connectivity index (χ0v) is 16.6. The minimum Gasteiger partial charge on any atom is -0.338 e. The fraction of sp³-hybridized carbons (Fsp3) is 0.389. The summed E-state index contributed by atoms with van der Waals surface area (Å²) in [6.45, 7) is 11.3. The molecule has 0 saturated carbocycles. The number of carbonyl (C=O) groups is 1. The number of hydrogen-bond donors (Lipinski definition) is 1. The summed E-state index contributed by atoms with van der Waals surface area (Å²) in [5.41, 5.74) is 1.79. The Morgan fingerprint density at radius 1 is 1.19 bits per heavy atom. The number of amides is 1. The molecule has 3 heterocycles. The first kappa shape index (κ1) is 19.2. The van der Waals surface area contributed by atoms with E-state index in [1.165, 1.54) is 17.8 Å². The summed E-state index contributed by atoms with van der Waals surface area (Å²) < 4.78 is 0. The number of anilines is 2. The predicted molar refractivity (Wildman–Crippen MR) is 106 cm³/mol. The highest BCUT2D eigenvalue weighted by atomic mass is 32.2. The third-order valence-corrected chi connectivity index (χ3v) is 5.42. The third-order valence-electron chi connectivity index (χ3n) is 4.24. The van der Waals surface area contributed by atoms with Crippen molar-refractivity contribution in [2.24, 2.45) is 0 Å². The van der Waals surface area contributed by atoms with E-state index in [4.69, 9.17) is 9.97 Å². The van der Waals surface area contributed by atoms with E-state index in [2.05, 4.69) is 38.7 Å². The van der Waals surface area contributed by atoms with Crippen LogP contribution in [0.1, 0.15) is 11.4 Å². The van der Waals surface area contributed by atoms with Gasteiger partial charge in [-0.2, -0.15) is 0 Å². The second-order valence-corrected chi connectivity index (χ2v) is 7.31. The van der Waals surface area contributed by atoms with Gasteiger partial charge in [0.15, 0.2) is 5.16 Å². The Hall–Kier alpha value is -2.52. The Bertz CT molecular complexity index is 826. The number of aromatic nitrogens is 4. The van der Waals surface area contributed by atoms with Crippen molar-refractivity contribution >= 4 is 29.4 Å². The molecule has 0 aromatic carbocycles. The maximum Gasteiger partial charge on any atom is 0.248 e.